The Morgan fingerprint density at radius 3 is 2.47 bits per heavy atom. The van der Waals surface area contributed by atoms with E-state index < -0.39 is 5.41 Å². The number of aromatic nitrogens is 1. The third-order valence-electron chi connectivity index (χ3n) is 6.59. The number of benzene rings is 2. The van der Waals surface area contributed by atoms with Gasteiger partial charge < -0.3 is 9.64 Å². The van der Waals surface area contributed by atoms with Crippen LogP contribution in [0.25, 0.3) is 10.2 Å². The van der Waals surface area contributed by atoms with Gasteiger partial charge in [-0.25, -0.2) is 4.98 Å². The van der Waals surface area contributed by atoms with Gasteiger partial charge in [0.1, 0.15) is 0 Å². The third kappa shape index (κ3) is 3.70. The van der Waals surface area contributed by atoms with Crippen molar-refractivity contribution < 1.29 is 9.53 Å². The summed E-state index contributed by atoms with van der Waals surface area (Å²) in [7, 11) is 0. The molecule has 0 saturated carbocycles. The fourth-order valence-electron chi connectivity index (χ4n) is 4.81. The number of nitrogens with zero attached hydrogens (tertiary/aromatic N) is 2. The molecule has 3 aromatic rings. The van der Waals surface area contributed by atoms with Gasteiger partial charge in [-0.1, -0.05) is 40.2 Å². The molecule has 5 rings (SSSR count). The molecule has 3 heterocycles. The van der Waals surface area contributed by atoms with Gasteiger partial charge in [0.15, 0.2) is 0 Å². The summed E-state index contributed by atoms with van der Waals surface area (Å²) in [5.74, 6) is 0.723. The quantitative estimate of drug-likeness (QED) is 0.491. The van der Waals surface area contributed by atoms with E-state index in [-0.39, 0.29) is 5.91 Å². The lowest BCUT2D eigenvalue weighted by atomic mass is 9.72. The number of amides is 1. The Balaban J connectivity index is 1.33. The number of carbonyl (C=O) groups excluding carboxylic acids is 1. The van der Waals surface area contributed by atoms with Crippen molar-refractivity contribution in [3.8, 4) is 0 Å². The van der Waals surface area contributed by atoms with E-state index in [1.165, 1.54) is 9.71 Å². The van der Waals surface area contributed by atoms with Crippen molar-refractivity contribution in [2.45, 2.75) is 37.0 Å². The maximum absolute atomic E-state index is 13.8. The van der Waals surface area contributed by atoms with Gasteiger partial charge >= 0.3 is 0 Å². The molecular formula is C24H25BrN2O2S. The van der Waals surface area contributed by atoms with E-state index in [1.54, 1.807) is 11.3 Å². The number of hydrogen-bond donors (Lipinski definition) is 0. The molecule has 0 N–H and O–H groups in total. The molecule has 6 heteroatoms. The van der Waals surface area contributed by atoms with Crippen LogP contribution in [0, 0.1) is 0 Å². The van der Waals surface area contributed by atoms with Crippen LogP contribution in [0.5, 0.6) is 0 Å². The van der Waals surface area contributed by atoms with Crippen molar-refractivity contribution in [1.82, 2.24) is 9.88 Å². The zero-order valence-electron chi connectivity index (χ0n) is 16.9. The van der Waals surface area contributed by atoms with E-state index in [9.17, 15) is 4.79 Å². The van der Waals surface area contributed by atoms with Crippen LogP contribution in [0.4, 0.5) is 0 Å². The molecule has 2 aliphatic heterocycles. The highest BCUT2D eigenvalue weighted by Crippen LogP contribution is 2.40. The van der Waals surface area contributed by atoms with E-state index in [4.69, 9.17) is 9.72 Å². The maximum Gasteiger partial charge on any atom is 0.233 e. The Bertz CT molecular complexity index is 1000. The summed E-state index contributed by atoms with van der Waals surface area (Å²) in [6, 6.07) is 16.6. The van der Waals surface area contributed by atoms with Crippen LogP contribution in [0.1, 0.15) is 42.2 Å². The highest BCUT2D eigenvalue weighted by Gasteiger charge is 2.44. The van der Waals surface area contributed by atoms with Crippen molar-refractivity contribution in [2.24, 2.45) is 0 Å². The van der Waals surface area contributed by atoms with Gasteiger partial charge in [0.2, 0.25) is 5.91 Å². The first-order valence-electron chi connectivity index (χ1n) is 10.6. The zero-order chi connectivity index (χ0) is 20.6. The van der Waals surface area contributed by atoms with Gasteiger partial charge in [-0.05, 0) is 55.5 Å². The predicted octanol–water partition coefficient (Wildman–Crippen LogP) is 5.51. The van der Waals surface area contributed by atoms with Gasteiger partial charge in [0.05, 0.1) is 20.6 Å². The summed E-state index contributed by atoms with van der Waals surface area (Å²) in [6.07, 6.45) is 3.48. The molecule has 0 aliphatic carbocycles. The normalized spacial score (nSPS) is 19.8. The van der Waals surface area contributed by atoms with E-state index in [2.05, 4.69) is 51.2 Å². The Kier molecular flexibility index (Phi) is 5.65. The molecule has 0 atom stereocenters. The molecule has 4 nitrogen and oxygen atoms in total. The van der Waals surface area contributed by atoms with Crippen LogP contribution >= 0.6 is 27.3 Å². The molecule has 1 aromatic heterocycles. The number of carbonyl (C=O) groups is 1. The predicted molar refractivity (Wildman–Crippen MR) is 124 cm³/mol. The van der Waals surface area contributed by atoms with E-state index in [0.29, 0.717) is 19.1 Å². The standard InChI is InChI=1S/C24H25BrN2O2S/c25-19-7-5-18(6-8-19)24(11-15-29-16-12-24)23(28)27-13-9-17(10-14-27)22-26-20-3-1-2-4-21(20)30-22/h1-8,17H,9-16H2. The van der Waals surface area contributed by atoms with Crippen molar-refractivity contribution in [2.75, 3.05) is 26.3 Å². The fraction of sp³-hybridized carbons (Fsp3) is 0.417. The van der Waals surface area contributed by atoms with Crippen molar-refractivity contribution in [3.05, 3.63) is 63.6 Å². The number of hydrogen-bond acceptors (Lipinski definition) is 4. The maximum atomic E-state index is 13.8. The van der Waals surface area contributed by atoms with Gasteiger partial charge in [0.25, 0.3) is 0 Å². The summed E-state index contributed by atoms with van der Waals surface area (Å²) < 4.78 is 7.92. The molecule has 1 amide bonds. The lowest BCUT2D eigenvalue weighted by molar-refractivity contribution is -0.142. The molecule has 0 radical (unpaired) electrons. The third-order valence-corrected chi connectivity index (χ3v) is 8.32. The van der Waals surface area contributed by atoms with Gasteiger partial charge in [0, 0.05) is 36.7 Å². The number of piperidine rings is 1. The molecule has 0 spiro atoms. The molecule has 2 saturated heterocycles. The van der Waals surface area contributed by atoms with E-state index in [0.717, 1.165) is 54.3 Å². The minimum atomic E-state index is -0.457. The highest BCUT2D eigenvalue weighted by atomic mass is 79.9. The Hall–Kier alpha value is -1.76. The Morgan fingerprint density at radius 1 is 1.07 bits per heavy atom. The molecule has 2 aromatic carbocycles. The van der Waals surface area contributed by atoms with Crippen LogP contribution in [0.2, 0.25) is 0 Å². The second kappa shape index (κ2) is 8.40. The highest BCUT2D eigenvalue weighted by molar-refractivity contribution is 9.10. The number of para-hydroxylation sites is 1. The van der Waals surface area contributed by atoms with Crippen LogP contribution in [0.3, 0.4) is 0 Å². The first-order valence-corrected chi connectivity index (χ1v) is 12.3. The smallest absolute Gasteiger partial charge is 0.233 e. The minimum absolute atomic E-state index is 0.274. The van der Waals surface area contributed by atoms with Gasteiger partial charge in [-0.2, -0.15) is 0 Å². The average molecular weight is 485 g/mol. The van der Waals surface area contributed by atoms with Crippen molar-refractivity contribution >= 4 is 43.4 Å². The van der Waals surface area contributed by atoms with Crippen LogP contribution in [-0.4, -0.2) is 42.1 Å². The van der Waals surface area contributed by atoms with E-state index >= 15 is 0 Å². The molecule has 2 fully saturated rings. The van der Waals surface area contributed by atoms with Crippen LogP contribution in [-0.2, 0) is 14.9 Å². The SMILES string of the molecule is O=C(N1CCC(c2nc3ccccc3s2)CC1)C1(c2ccc(Br)cc2)CCOCC1. The molecular weight excluding hydrogens is 460 g/mol. The Labute approximate surface area is 189 Å². The number of likely N-dealkylation sites (tertiary alicyclic amines) is 1. The molecule has 0 unspecified atom stereocenters. The number of ether oxygens (including phenoxy) is 1. The Morgan fingerprint density at radius 2 is 1.77 bits per heavy atom. The van der Waals surface area contributed by atoms with Crippen LogP contribution < -0.4 is 0 Å². The minimum Gasteiger partial charge on any atom is -0.381 e. The number of rotatable bonds is 3. The second-order valence-electron chi connectivity index (χ2n) is 8.29. The first-order chi connectivity index (χ1) is 14.7. The number of fused-ring (bicyclic) bond motifs is 1. The summed E-state index contributed by atoms with van der Waals surface area (Å²) in [5, 5.41) is 1.22. The summed E-state index contributed by atoms with van der Waals surface area (Å²) in [5.41, 5.74) is 1.75. The lowest BCUT2D eigenvalue weighted by Gasteiger charge is -2.42. The molecule has 2 aliphatic rings. The summed E-state index contributed by atoms with van der Waals surface area (Å²) >= 11 is 5.32. The first kappa shape index (κ1) is 20.2. The zero-order valence-corrected chi connectivity index (χ0v) is 19.3. The summed E-state index contributed by atoms with van der Waals surface area (Å²) in [4.78, 5) is 20.7. The lowest BCUT2D eigenvalue weighted by Crippen LogP contribution is -2.51. The second-order valence-corrected chi connectivity index (χ2v) is 10.3. The van der Waals surface area contributed by atoms with Gasteiger partial charge in [-0.15, -0.1) is 11.3 Å². The average Bonchev–Trinajstić information content (AvgIpc) is 3.24. The van der Waals surface area contributed by atoms with Crippen molar-refractivity contribution in [1.29, 1.82) is 0 Å². The number of thiazole rings is 1. The van der Waals surface area contributed by atoms with Crippen molar-refractivity contribution in [3.63, 3.8) is 0 Å². The van der Waals surface area contributed by atoms with Gasteiger partial charge in [-0.3, -0.25) is 4.79 Å². The molecule has 30 heavy (non-hydrogen) atoms. The fourth-order valence-corrected chi connectivity index (χ4v) is 6.21. The molecule has 156 valence electrons. The molecule has 0 bridgehead atoms. The largest absolute Gasteiger partial charge is 0.381 e. The van der Waals surface area contributed by atoms with Crippen LogP contribution in [0.15, 0.2) is 53.0 Å². The summed E-state index contributed by atoms with van der Waals surface area (Å²) in [6.45, 7) is 2.89. The number of halogens is 1. The van der Waals surface area contributed by atoms with E-state index in [1.807, 2.05) is 18.2 Å². The monoisotopic (exact) mass is 484 g/mol. The topological polar surface area (TPSA) is 42.4 Å².